The van der Waals surface area contributed by atoms with Crippen molar-refractivity contribution in [3.63, 3.8) is 0 Å². The van der Waals surface area contributed by atoms with E-state index in [9.17, 15) is 19.5 Å². The first kappa shape index (κ1) is 20.5. The molecule has 152 valence electrons. The Bertz CT molecular complexity index is 769. The summed E-state index contributed by atoms with van der Waals surface area (Å²) in [7, 11) is 1.51. The number of hydrogen-bond donors (Lipinski definition) is 2. The maximum Gasteiger partial charge on any atom is 0.306 e. The second kappa shape index (κ2) is 8.82. The highest BCUT2D eigenvalue weighted by Gasteiger charge is 2.37. The second-order valence-electron chi connectivity index (χ2n) is 7.46. The maximum absolute atomic E-state index is 12.6. The fourth-order valence-electron chi connectivity index (χ4n) is 4.14. The summed E-state index contributed by atoms with van der Waals surface area (Å²) in [6.07, 6.45) is 3.45. The SMILES string of the molecule is COc1ccc(Cl)cc1N1CC(C(=O)NC[C@@H]2CCCC[C@@H]2C(=O)O)CC1=O. The first-order valence-corrected chi connectivity index (χ1v) is 9.93. The average Bonchev–Trinajstić information content (AvgIpc) is 3.07. The van der Waals surface area contributed by atoms with Crippen molar-refractivity contribution in [2.24, 2.45) is 17.8 Å². The Morgan fingerprint density at radius 1 is 1.32 bits per heavy atom. The van der Waals surface area contributed by atoms with Gasteiger partial charge >= 0.3 is 5.97 Å². The quantitative estimate of drug-likeness (QED) is 0.754. The number of methoxy groups -OCH3 is 1. The van der Waals surface area contributed by atoms with Gasteiger partial charge in [-0.2, -0.15) is 0 Å². The number of amides is 2. The largest absolute Gasteiger partial charge is 0.495 e. The van der Waals surface area contributed by atoms with Crippen LogP contribution in [0, 0.1) is 17.8 Å². The number of ether oxygens (including phenoxy) is 1. The number of rotatable bonds is 6. The lowest BCUT2D eigenvalue weighted by atomic mass is 9.79. The minimum atomic E-state index is -0.797. The molecule has 0 spiro atoms. The van der Waals surface area contributed by atoms with Gasteiger partial charge in [0.15, 0.2) is 0 Å². The van der Waals surface area contributed by atoms with Crippen LogP contribution in [0.15, 0.2) is 18.2 Å². The summed E-state index contributed by atoms with van der Waals surface area (Å²) in [4.78, 5) is 38.0. The number of nitrogens with one attached hydrogen (secondary N) is 1. The number of hydrogen-bond acceptors (Lipinski definition) is 4. The number of carboxylic acids is 1. The highest BCUT2D eigenvalue weighted by molar-refractivity contribution is 6.31. The van der Waals surface area contributed by atoms with Crippen molar-refractivity contribution in [3.8, 4) is 5.75 Å². The molecule has 3 atom stereocenters. The lowest BCUT2D eigenvalue weighted by Gasteiger charge is -2.29. The predicted octanol–water partition coefficient (Wildman–Crippen LogP) is 2.71. The van der Waals surface area contributed by atoms with Crippen LogP contribution in [0.1, 0.15) is 32.1 Å². The van der Waals surface area contributed by atoms with Crippen molar-refractivity contribution < 1.29 is 24.2 Å². The molecule has 1 heterocycles. The van der Waals surface area contributed by atoms with Gasteiger partial charge in [-0.25, -0.2) is 0 Å². The van der Waals surface area contributed by atoms with E-state index in [1.165, 1.54) is 12.0 Å². The van der Waals surface area contributed by atoms with E-state index in [4.69, 9.17) is 16.3 Å². The van der Waals surface area contributed by atoms with Gasteiger partial charge in [-0.05, 0) is 37.0 Å². The molecule has 0 radical (unpaired) electrons. The molecule has 1 saturated carbocycles. The summed E-state index contributed by atoms with van der Waals surface area (Å²) in [5.41, 5.74) is 0.550. The Morgan fingerprint density at radius 3 is 2.79 bits per heavy atom. The Morgan fingerprint density at radius 2 is 2.07 bits per heavy atom. The van der Waals surface area contributed by atoms with Crippen LogP contribution in [-0.2, 0) is 14.4 Å². The van der Waals surface area contributed by atoms with Gasteiger partial charge in [0, 0.05) is 24.5 Å². The van der Waals surface area contributed by atoms with Crippen LogP contribution in [-0.4, -0.2) is 43.1 Å². The van der Waals surface area contributed by atoms with Crippen LogP contribution >= 0.6 is 11.6 Å². The summed E-state index contributed by atoms with van der Waals surface area (Å²) in [5, 5.41) is 12.7. The lowest BCUT2D eigenvalue weighted by Crippen LogP contribution is -2.40. The number of carbonyl (C=O) groups excluding carboxylic acids is 2. The van der Waals surface area contributed by atoms with E-state index in [0.29, 0.717) is 29.4 Å². The number of carbonyl (C=O) groups is 3. The molecule has 7 nitrogen and oxygen atoms in total. The smallest absolute Gasteiger partial charge is 0.306 e. The summed E-state index contributed by atoms with van der Waals surface area (Å²) < 4.78 is 5.31. The summed E-state index contributed by atoms with van der Waals surface area (Å²) in [6, 6.07) is 5.02. The molecule has 0 bridgehead atoms. The van der Waals surface area contributed by atoms with E-state index in [2.05, 4.69) is 5.32 Å². The molecule has 1 unspecified atom stereocenters. The van der Waals surface area contributed by atoms with Crippen LogP contribution in [0.25, 0.3) is 0 Å². The lowest BCUT2D eigenvalue weighted by molar-refractivity contribution is -0.145. The molecule has 28 heavy (non-hydrogen) atoms. The Balaban J connectivity index is 1.62. The second-order valence-corrected chi connectivity index (χ2v) is 7.89. The van der Waals surface area contributed by atoms with Gasteiger partial charge in [0.1, 0.15) is 5.75 Å². The van der Waals surface area contributed by atoms with Crippen LogP contribution < -0.4 is 15.0 Å². The number of aliphatic carboxylic acids is 1. The van der Waals surface area contributed by atoms with Crippen molar-refractivity contribution in [1.29, 1.82) is 0 Å². The molecule has 8 heteroatoms. The normalized spacial score (nSPS) is 24.9. The topological polar surface area (TPSA) is 95.9 Å². The summed E-state index contributed by atoms with van der Waals surface area (Å²) in [5.74, 6) is -1.61. The van der Waals surface area contributed by atoms with Gasteiger partial charge in [-0.3, -0.25) is 14.4 Å². The maximum atomic E-state index is 12.6. The first-order valence-electron chi connectivity index (χ1n) is 9.55. The number of benzene rings is 1. The number of anilines is 1. The highest BCUT2D eigenvalue weighted by atomic mass is 35.5. The predicted molar refractivity (Wildman–Crippen MR) is 105 cm³/mol. The van der Waals surface area contributed by atoms with E-state index in [1.54, 1.807) is 18.2 Å². The van der Waals surface area contributed by atoms with Gasteiger partial charge < -0.3 is 20.1 Å². The van der Waals surface area contributed by atoms with Crippen LogP contribution in [0.5, 0.6) is 5.75 Å². The first-order chi connectivity index (χ1) is 13.4. The van der Waals surface area contributed by atoms with Crippen molar-refractivity contribution in [3.05, 3.63) is 23.2 Å². The molecule has 2 amide bonds. The zero-order chi connectivity index (χ0) is 20.3. The summed E-state index contributed by atoms with van der Waals surface area (Å²) >= 11 is 6.05. The third kappa shape index (κ3) is 4.41. The van der Waals surface area contributed by atoms with Gasteiger partial charge in [0.05, 0.1) is 24.6 Å². The van der Waals surface area contributed by atoms with E-state index < -0.39 is 17.8 Å². The number of carboxylic acid groups (broad SMARTS) is 1. The van der Waals surface area contributed by atoms with E-state index >= 15 is 0 Å². The molecule has 1 aliphatic heterocycles. The zero-order valence-corrected chi connectivity index (χ0v) is 16.6. The standard InChI is InChI=1S/C20H25ClN2O5/c1-28-17-7-6-14(21)9-16(17)23-11-13(8-18(23)24)19(25)22-10-12-4-2-3-5-15(12)20(26)27/h6-7,9,12-13,15H,2-5,8,10-11H2,1H3,(H,22,25)(H,26,27)/t12-,13?,15-/m0/s1. The minimum Gasteiger partial charge on any atom is -0.495 e. The molecule has 1 aliphatic carbocycles. The van der Waals surface area contributed by atoms with Gasteiger partial charge in [-0.15, -0.1) is 0 Å². The van der Waals surface area contributed by atoms with Crippen molar-refractivity contribution in [2.45, 2.75) is 32.1 Å². The van der Waals surface area contributed by atoms with Gasteiger partial charge in [0.2, 0.25) is 11.8 Å². The number of nitrogens with zero attached hydrogens (tertiary/aromatic N) is 1. The number of halogens is 1. The fourth-order valence-corrected chi connectivity index (χ4v) is 4.31. The van der Waals surface area contributed by atoms with Gasteiger partial charge in [-0.1, -0.05) is 24.4 Å². The molecule has 1 aromatic carbocycles. The third-order valence-corrected chi connectivity index (χ3v) is 5.93. The molecule has 2 aliphatic rings. The molecule has 2 N–H and O–H groups in total. The Labute approximate surface area is 169 Å². The van der Waals surface area contributed by atoms with Crippen LogP contribution in [0.4, 0.5) is 5.69 Å². The fraction of sp³-hybridized carbons (Fsp3) is 0.550. The molecule has 1 saturated heterocycles. The molecule has 0 aromatic heterocycles. The molecular weight excluding hydrogens is 384 g/mol. The summed E-state index contributed by atoms with van der Waals surface area (Å²) in [6.45, 7) is 0.579. The van der Waals surface area contributed by atoms with Crippen LogP contribution in [0.2, 0.25) is 5.02 Å². The monoisotopic (exact) mass is 408 g/mol. The van der Waals surface area contributed by atoms with Crippen LogP contribution in [0.3, 0.4) is 0 Å². The molecular formula is C20H25ClN2O5. The highest BCUT2D eigenvalue weighted by Crippen LogP contribution is 2.35. The van der Waals surface area contributed by atoms with Crippen molar-refractivity contribution >= 4 is 35.1 Å². The average molecular weight is 409 g/mol. The zero-order valence-electron chi connectivity index (χ0n) is 15.8. The molecule has 1 aromatic rings. The Hall–Kier alpha value is -2.28. The van der Waals surface area contributed by atoms with Crippen molar-refractivity contribution in [1.82, 2.24) is 5.32 Å². The molecule has 3 rings (SSSR count). The van der Waals surface area contributed by atoms with E-state index in [0.717, 1.165) is 19.3 Å². The van der Waals surface area contributed by atoms with E-state index in [1.807, 2.05) is 0 Å². The third-order valence-electron chi connectivity index (χ3n) is 5.69. The Kier molecular flexibility index (Phi) is 6.44. The van der Waals surface area contributed by atoms with Crippen molar-refractivity contribution in [2.75, 3.05) is 25.1 Å². The van der Waals surface area contributed by atoms with Gasteiger partial charge in [0.25, 0.3) is 0 Å². The molecule has 2 fully saturated rings. The van der Waals surface area contributed by atoms with E-state index in [-0.39, 0.29) is 30.7 Å². The minimum absolute atomic E-state index is 0.0589.